The van der Waals surface area contributed by atoms with Crippen LogP contribution in [0.1, 0.15) is 19.3 Å². The first-order valence-electron chi connectivity index (χ1n) is 6.49. The lowest BCUT2D eigenvalue weighted by Crippen LogP contribution is -2.29. The van der Waals surface area contributed by atoms with Crippen molar-refractivity contribution in [2.75, 3.05) is 11.9 Å². The van der Waals surface area contributed by atoms with Gasteiger partial charge in [0.05, 0.1) is 15.9 Å². The first kappa shape index (κ1) is 20.5. The molecule has 0 amide bonds. The Morgan fingerprint density at radius 3 is 2.39 bits per heavy atom. The van der Waals surface area contributed by atoms with Crippen LogP contribution in [0.3, 0.4) is 0 Å². The minimum absolute atomic E-state index is 0. The van der Waals surface area contributed by atoms with E-state index in [4.69, 9.17) is 10.8 Å². The fourth-order valence-corrected chi connectivity index (χ4v) is 1.84. The Labute approximate surface area is 137 Å². The Bertz CT molecular complexity index is 583. The van der Waals surface area contributed by atoms with E-state index in [1.165, 1.54) is 0 Å². The fourth-order valence-electron chi connectivity index (χ4n) is 1.84. The molecule has 23 heavy (non-hydrogen) atoms. The lowest BCUT2D eigenvalue weighted by Gasteiger charge is -2.15. The van der Waals surface area contributed by atoms with Crippen molar-refractivity contribution in [3.8, 4) is 0 Å². The number of hydrogen-bond acceptors (Lipinski definition) is 7. The number of anilines is 1. The minimum Gasteiger partial charge on any atom is -0.480 e. The van der Waals surface area contributed by atoms with Crippen LogP contribution in [0.25, 0.3) is 0 Å². The molecule has 1 aromatic rings. The highest BCUT2D eigenvalue weighted by Crippen LogP contribution is 2.29. The third kappa shape index (κ3) is 6.04. The van der Waals surface area contributed by atoms with Gasteiger partial charge in [0, 0.05) is 6.07 Å². The van der Waals surface area contributed by atoms with Crippen LogP contribution < -0.4 is 11.1 Å². The highest BCUT2D eigenvalue weighted by Gasteiger charge is 2.24. The number of aliphatic carboxylic acids is 1. The van der Waals surface area contributed by atoms with Gasteiger partial charge in [-0.1, -0.05) is 0 Å². The molecule has 0 bridgehead atoms. The van der Waals surface area contributed by atoms with Crippen molar-refractivity contribution in [1.29, 1.82) is 0 Å². The van der Waals surface area contributed by atoms with Crippen molar-refractivity contribution in [1.82, 2.24) is 0 Å². The normalized spacial score (nSPS) is 11.2. The average molecular weight is 349 g/mol. The summed E-state index contributed by atoms with van der Waals surface area (Å²) in [7, 11) is 0. The number of hydrogen-bond donors (Lipinski definition) is 3. The summed E-state index contributed by atoms with van der Waals surface area (Å²) in [5.74, 6) is -1.16. The van der Waals surface area contributed by atoms with Gasteiger partial charge in [0.1, 0.15) is 11.7 Å². The molecule has 0 radical (unpaired) electrons. The molecule has 0 aliphatic carbocycles. The summed E-state index contributed by atoms with van der Waals surface area (Å²) in [5, 5.41) is 33.3. The number of nitro benzene ring substituents is 2. The summed E-state index contributed by atoms with van der Waals surface area (Å²) in [6.07, 6.45) is 1.41. The highest BCUT2D eigenvalue weighted by atomic mass is 35.5. The lowest BCUT2D eigenvalue weighted by molar-refractivity contribution is -0.393. The van der Waals surface area contributed by atoms with Gasteiger partial charge < -0.3 is 16.2 Å². The molecule has 128 valence electrons. The number of carbonyl (C=O) groups is 1. The van der Waals surface area contributed by atoms with Gasteiger partial charge in [0.2, 0.25) is 0 Å². The molecule has 0 unspecified atom stereocenters. The Morgan fingerprint density at radius 1 is 1.26 bits per heavy atom. The number of carboxylic acids is 1. The second kappa shape index (κ2) is 9.54. The van der Waals surface area contributed by atoms with Crippen LogP contribution in [0.2, 0.25) is 0 Å². The van der Waals surface area contributed by atoms with Gasteiger partial charge in [-0.2, -0.15) is 0 Å². The second-order valence-corrected chi connectivity index (χ2v) is 4.54. The maximum atomic E-state index is 11.2. The molecule has 0 fully saturated rings. The van der Waals surface area contributed by atoms with E-state index in [0.29, 0.717) is 19.4 Å². The van der Waals surface area contributed by atoms with E-state index in [1.807, 2.05) is 0 Å². The highest BCUT2D eigenvalue weighted by molar-refractivity contribution is 5.85. The van der Waals surface area contributed by atoms with Gasteiger partial charge in [-0.05, 0) is 31.9 Å². The summed E-state index contributed by atoms with van der Waals surface area (Å²) >= 11 is 0. The van der Waals surface area contributed by atoms with Crippen molar-refractivity contribution in [3.63, 3.8) is 0 Å². The van der Waals surface area contributed by atoms with Crippen LogP contribution in [0.4, 0.5) is 17.1 Å². The molecule has 1 aromatic carbocycles. The van der Waals surface area contributed by atoms with E-state index >= 15 is 0 Å². The molecular weight excluding hydrogens is 332 g/mol. The van der Waals surface area contributed by atoms with Crippen LogP contribution in [-0.4, -0.2) is 33.5 Å². The minimum atomic E-state index is -1.16. The number of rotatable bonds is 9. The molecule has 10 nitrogen and oxygen atoms in total. The van der Waals surface area contributed by atoms with Crippen molar-refractivity contribution in [2.45, 2.75) is 25.3 Å². The number of carboxylic acid groups (broad SMARTS) is 1. The monoisotopic (exact) mass is 348 g/mol. The molecule has 0 aliphatic rings. The number of nitrogens with zero attached hydrogens (tertiary/aromatic N) is 2. The second-order valence-electron chi connectivity index (χ2n) is 4.54. The van der Waals surface area contributed by atoms with E-state index in [0.717, 1.165) is 18.2 Å². The zero-order valence-electron chi connectivity index (χ0n) is 12.0. The summed E-state index contributed by atoms with van der Waals surface area (Å²) < 4.78 is 0. The van der Waals surface area contributed by atoms with E-state index in [9.17, 15) is 25.0 Å². The summed E-state index contributed by atoms with van der Waals surface area (Å²) in [6, 6.07) is 1.97. The van der Waals surface area contributed by atoms with Crippen LogP contribution >= 0.6 is 12.4 Å². The smallest absolute Gasteiger partial charge is 0.326 e. The van der Waals surface area contributed by atoms with E-state index in [1.54, 1.807) is 0 Å². The first-order valence-corrected chi connectivity index (χ1v) is 6.49. The number of unbranched alkanes of at least 4 members (excludes halogenated alkanes) is 1. The van der Waals surface area contributed by atoms with Gasteiger partial charge in [-0.3, -0.25) is 20.2 Å². The molecule has 0 saturated heterocycles. The summed E-state index contributed by atoms with van der Waals surface area (Å²) in [4.78, 5) is 31.3. The predicted molar refractivity (Wildman–Crippen MR) is 85.0 cm³/mol. The molecule has 1 atom stereocenters. The standard InChI is InChI=1S/C12H16N4O6.ClH/c13-6-2-1-3-10(12(17)18)14-9-5-4-8(15(19)20)7-11(9)16(21)22;/h4-5,7,10,14H,1-3,6,13H2,(H,17,18);1H/t10-;/m0./s1. The van der Waals surface area contributed by atoms with Gasteiger partial charge in [0.25, 0.3) is 11.4 Å². The Hall–Kier alpha value is -2.46. The lowest BCUT2D eigenvalue weighted by atomic mass is 10.1. The van der Waals surface area contributed by atoms with Crippen LogP contribution in [-0.2, 0) is 4.79 Å². The van der Waals surface area contributed by atoms with E-state index in [-0.39, 0.29) is 24.5 Å². The average Bonchev–Trinajstić information content (AvgIpc) is 2.45. The molecule has 4 N–H and O–H groups in total. The largest absolute Gasteiger partial charge is 0.480 e. The number of halogens is 1. The summed E-state index contributed by atoms with van der Waals surface area (Å²) in [6.45, 7) is 0.421. The number of nitro groups is 2. The maximum absolute atomic E-state index is 11.2. The molecular formula is C12H17ClN4O6. The van der Waals surface area contributed by atoms with Gasteiger partial charge in [-0.25, -0.2) is 4.79 Å². The SMILES string of the molecule is Cl.NCCCC[C@H](Nc1ccc([N+](=O)[O-])cc1[N+](=O)[O-])C(=O)O. The molecule has 0 aromatic heterocycles. The Balaban J connectivity index is 0.00000484. The van der Waals surface area contributed by atoms with Gasteiger partial charge >= 0.3 is 5.97 Å². The molecule has 0 aliphatic heterocycles. The summed E-state index contributed by atoms with van der Waals surface area (Å²) in [5.41, 5.74) is 4.28. The molecule has 11 heteroatoms. The number of non-ortho nitro benzene ring substituents is 1. The Kier molecular flexibility index (Phi) is 8.52. The number of nitrogens with one attached hydrogen (secondary N) is 1. The zero-order chi connectivity index (χ0) is 16.7. The van der Waals surface area contributed by atoms with Crippen LogP contribution in [0.15, 0.2) is 18.2 Å². The van der Waals surface area contributed by atoms with Crippen molar-refractivity contribution < 1.29 is 19.7 Å². The molecule has 0 spiro atoms. The fraction of sp³-hybridized carbons (Fsp3) is 0.417. The Morgan fingerprint density at radius 2 is 1.91 bits per heavy atom. The van der Waals surface area contributed by atoms with Crippen molar-refractivity contribution >= 4 is 35.4 Å². The van der Waals surface area contributed by atoms with Crippen LogP contribution in [0.5, 0.6) is 0 Å². The molecule has 1 rings (SSSR count). The zero-order valence-corrected chi connectivity index (χ0v) is 12.8. The molecule has 0 saturated carbocycles. The van der Waals surface area contributed by atoms with Crippen LogP contribution in [0, 0.1) is 20.2 Å². The van der Waals surface area contributed by atoms with E-state index in [2.05, 4.69) is 5.32 Å². The number of benzene rings is 1. The van der Waals surface area contributed by atoms with E-state index < -0.39 is 33.2 Å². The van der Waals surface area contributed by atoms with Gasteiger partial charge in [0.15, 0.2) is 0 Å². The van der Waals surface area contributed by atoms with Crippen molar-refractivity contribution in [3.05, 3.63) is 38.4 Å². The topological polar surface area (TPSA) is 162 Å². The molecule has 0 heterocycles. The van der Waals surface area contributed by atoms with Crippen molar-refractivity contribution in [2.24, 2.45) is 5.73 Å². The first-order chi connectivity index (χ1) is 10.4. The third-order valence-corrected chi connectivity index (χ3v) is 2.96. The maximum Gasteiger partial charge on any atom is 0.326 e. The predicted octanol–water partition coefficient (Wildman–Crippen LogP) is 1.92. The van der Waals surface area contributed by atoms with Gasteiger partial charge in [-0.15, -0.1) is 12.4 Å². The number of nitrogens with two attached hydrogens (primary N) is 1. The third-order valence-electron chi connectivity index (χ3n) is 2.96. The quantitative estimate of drug-likeness (QED) is 0.346.